The zero-order valence-corrected chi connectivity index (χ0v) is 12.3. The molecule has 1 aliphatic carbocycles. The van der Waals surface area contributed by atoms with Crippen LogP contribution in [0.15, 0.2) is 22.5 Å². The van der Waals surface area contributed by atoms with Gasteiger partial charge in [0, 0.05) is 31.1 Å². The van der Waals surface area contributed by atoms with Gasteiger partial charge in [0.2, 0.25) is 0 Å². The summed E-state index contributed by atoms with van der Waals surface area (Å²) in [6, 6.07) is 4.95. The Morgan fingerprint density at radius 1 is 1.61 bits per heavy atom. The third kappa shape index (κ3) is 3.73. The minimum Gasteiger partial charge on any atom is -0.353 e. The highest BCUT2D eigenvalue weighted by molar-refractivity contribution is 7.09. The van der Waals surface area contributed by atoms with Crippen LogP contribution in [0.4, 0.5) is 0 Å². The van der Waals surface area contributed by atoms with Crippen molar-refractivity contribution >= 4 is 17.3 Å². The molecule has 3 nitrogen and oxygen atoms in total. The highest BCUT2D eigenvalue weighted by atomic mass is 32.1. The van der Waals surface area contributed by atoms with Gasteiger partial charge in [-0.2, -0.15) is 0 Å². The van der Waals surface area contributed by atoms with Gasteiger partial charge in [-0.25, -0.2) is 0 Å². The van der Waals surface area contributed by atoms with E-state index in [1.54, 1.807) is 0 Å². The molecule has 1 heterocycles. The molecule has 0 amide bonds. The summed E-state index contributed by atoms with van der Waals surface area (Å²) in [7, 11) is 2.13. The molecular formula is C14H23N3S. The number of rotatable bonds is 5. The minimum absolute atomic E-state index is 0.638. The Bertz CT molecular complexity index is 386. The van der Waals surface area contributed by atoms with Gasteiger partial charge in [-0.15, -0.1) is 11.3 Å². The number of likely N-dealkylation sites (N-methyl/N-ethyl adjacent to an activating group) is 1. The highest BCUT2D eigenvalue weighted by Gasteiger charge is 2.33. The maximum absolute atomic E-state index is 4.57. The number of nitrogens with zero attached hydrogens (tertiary/aromatic N) is 2. The Balaban J connectivity index is 1.83. The topological polar surface area (TPSA) is 27.6 Å². The first-order valence-electron chi connectivity index (χ1n) is 6.75. The molecule has 1 saturated carbocycles. The average molecular weight is 265 g/mol. The Morgan fingerprint density at radius 3 is 2.94 bits per heavy atom. The van der Waals surface area contributed by atoms with Crippen LogP contribution in [-0.4, -0.2) is 37.0 Å². The van der Waals surface area contributed by atoms with Crippen LogP contribution >= 0.6 is 11.3 Å². The number of hydrogen-bond donors (Lipinski definition) is 1. The number of hydrogen-bond acceptors (Lipinski definition) is 2. The highest BCUT2D eigenvalue weighted by Crippen LogP contribution is 2.29. The van der Waals surface area contributed by atoms with E-state index in [-0.39, 0.29) is 0 Å². The van der Waals surface area contributed by atoms with Crippen molar-refractivity contribution in [1.29, 1.82) is 0 Å². The lowest BCUT2D eigenvalue weighted by Gasteiger charge is -2.22. The van der Waals surface area contributed by atoms with Crippen LogP contribution in [0.5, 0.6) is 0 Å². The molecule has 100 valence electrons. The van der Waals surface area contributed by atoms with E-state index < -0.39 is 0 Å². The molecule has 1 fully saturated rings. The lowest BCUT2D eigenvalue weighted by molar-refractivity contribution is 0.483. The molecule has 0 aliphatic heterocycles. The van der Waals surface area contributed by atoms with Crippen molar-refractivity contribution in [3.05, 3.63) is 22.4 Å². The van der Waals surface area contributed by atoms with Crippen LogP contribution in [0, 0.1) is 5.92 Å². The molecule has 2 atom stereocenters. The zero-order valence-electron chi connectivity index (χ0n) is 11.5. The van der Waals surface area contributed by atoms with Gasteiger partial charge in [0.25, 0.3) is 0 Å². The number of thiophene rings is 1. The molecule has 0 bridgehead atoms. The standard InChI is InChI=1S/C14H23N3S/c1-4-15-14(16-13-10-11(13)2)17(3)8-7-12-6-5-9-18-12/h5-6,9,11,13H,4,7-8,10H2,1-3H3,(H,15,16). The molecule has 0 aromatic carbocycles. The molecule has 1 aromatic heterocycles. The first kappa shape index (κ1) is 13.4. The molecule has 2 rings (SSSR count). The summed E-state index contributed by atoms with van der Waals surface area (Å²) in [5, 5.41) is 5.69. The summed E-state index contributed by atoms with van der Waals surface area (Å²) in [4.78, 5) is 8.26. The monoisotopic (exact) mass is 265 g/mol. The van der Waals surface area contributed by atoms with Crippen molar-refractivity contribution in [2.45, 2.75) is 32.7 Å². The molecule has 18 heavy (non-hydrogen) atoms. The molecule has 2 unspecified atom stereocenters. The fourth-order valence-electron chi connectivity index (χ4n) is 1.95. The van der Waals surface area contributed by atoms with Crippen LogP contribution in [-0.2, 0) is 6.42 Å². The van der Waals surface area contributed by atoms with E-state index in [1.807, 2.05) is 11.3 Å². The minimum atomic E-state index is 0.638. The van der Waals surface area contributed by atoms with Gasteiger partial charge in [0.1, 0.15) is 0 Å². The summed E-state index contributed by atoms with van der Waals surface area (Å²) >= 11 is 1.83. The molecule has 0 radical (unpaired) electrons. The predicted octanol–water partition coefficient (Wildman–Crippen LogP) is 2.60. The van der Waals surface area contributed by atoms with Crippen molar-refractivity contribution in [1.82, 2.24) is 10.2 Å². The van der Waals surface area contributed by atoms with Gasteiger partial charge in [0.05, 0.1) is 0 Å². The molecule has 1 N–H and O–H groups in total. The van der Waals surface area contributed by atoms with Crippen LogP contribution < -0.4 is 5.32 Å². The lowest BCUT2D eigenvalue weighted by Crippen LogP contribution is -2.41. The van der Waals surface area contributed by atoms with Crippen LogP contribution in [0.2, 0.25) is 0 Å². The summed E-state index contributed by atoms with van der Waals surface area (Å²) < 4.78 is 0. The van der Waals surface area contributed by atoms with Crippen molar-refractivity contribution in [3.63, 3.8) is 0 Å². The number of aliphatic imine (C=N–C) groups is 1. The smallest absolute Gasteiger partial charge is 0.193 e. The molecular weight excluding hydrogens is 242 g/mol. The van der Waals surface area contributed by atoms with Crippen LogP contribution in [0.3, 0.4) is 0 Å². The SMILES string of the molecule is CCN=C(NC1CC1C)N(C)CCc1cccs1. The third-order valence-corrected chi connectivity index (χ3v) is 4.30. The predicted molar refractivity (Wildman–Crippen MR) is 79.3 cm³/mol. The van der Waals surface area contributed by atoms with Crippen molar-refractivity contribution in [2.24, 2.45) is 10.9 Å². The van der Waals surface area contributed by atoms with Crippen molar-refractivity contribution in [2.75, 3.05) is 20.1 Å². The maximum Gasteiger partial charge on any atom is 0.193 e. The van der Waals surface area contributed by atoms with Gasteiger partial charge in [0.15, 0.2) is 5.96 Å². The van der Waals surface area contributed by atoms with E-state index in [2.05, 4.69) is 53.6 Å². The second kappa shape index (κ2) is 6.23. The fraction of sp³-hybridized carbons (Fsp3) is 0.643. The average Bonchev–Trinajstić information content (AvgIpc) is 2.84. The van der Waals surface area contributed by atoms with Gasteiger partial charge in [-0.3, -0.25) is 4.99 Å². The van der Waals surface area contributed by atoms with E-state index in [0.717, 1.165) is 31.4 Å². The van der Waals surface area contributed by atoms with E-state index in [9.17, 15) is 0 Å². The van der Waals surface area contributed by atoms with E-state index in [0.29, 0.717) is 6.04 Å². The van der Waals surface area contributed by atoms with E-state index in [4.69, 9.17) is 0 Å². The van der Waals surface area contributed by atoms with Gasteiger partial charge in [-0.1, -0.05) is 13.0 Å². The van der Waals surface area contributed by atoms with Crippen molar-refractivity contribution in [3.8, 4) is 0 Å². The maximum atomic E-state index is 4.57. The van der Waals surface area contributed by atoms with Crippen LogP contribution in [0.1, 0.15) is 25.1 Å². The molecule has 4 heteroatoms. The summed E-state index contributed by atoms with van der Waals surface area (Å²) in [5.41, 5.74) is 0. The zero-order chi connectivity index (χ0) is 13.0. The molecule has 0 spiro atoms. The Hall–Kier alpha value is -1.03. The van der Waals surface area contributed by atoms with Gasteiger partial charge >= 0.3 is 0 Å². The Morgan fingerprint density at radius 2 is 2.39 bits per heavy atom. The second-order valence-electron chi connectivity index (χ2n) is 5.01. The summed E-state index contributed by atoms with van der Waals surface area (Å²) in [6.45, 7) is 6.23. The second-order valence-corrected chi connectivity index (χ2v) is 6.04. The summed E-state index contributed by atoms with van der Waals surface area (Å²) in [6.07, 6.45) is 2.38. The Kier molecular flexibility index (Phi) is 4.64. The van der Waals surface area contributed by atoms with Gasteiger partial charge in [-0.05, 0) is 37.1 Å². The quantitative estimate of drug-likeness (QED) is 0.654. The first-order valence-corrected chi connectivity index (χ1v) is 7.63. The summed E-state index contributed by atoms with van der Waals surface area (Å²) in [5.74, 6) is 1.86. The lowest BCUT2D eigenvalue weighted by atomic mass is 10.3. The molecule has 1 aromatic rings. The number of guanidine groups is 1. The molecule has 0 saturated heterocycles. The third-order valence-electron chi connectivity index (χ3n) is 3.37. The molecule has 1 aliphatic rings. The fourth-order valence-corrected chi connectivity index (χ4v) is 2.65. The largest absolute Gasteiger partial charge is 0.353 e. The Labute approximate surface area is 114 Å². The van der Waals surface area contributed by atoms with E-state index in [1.165, 1.54) is 11.3 Å². The number of nitrogens with one attached hydrogen (secondary N) is 1. The van der Waals surface area contributed by atoms with Crippen LogP contribution in [0.25, 0.3) is 0 Å². The van der Waals surface area contributed by atoms with E-state index >= 15 is 0 Å². The normalized spacial score (nSPS) is 22.9. The van der Waals surface area contributed by atoms with Crippen molar-refractivity contribution < 1.29 is 0 Å². The first-order chi connectivity index (χ1) is 8.70. The van der Waals surface area contributed by atoms with Gasteiger partial charge < -0.3 is 10.2 Å².